The Balaban J connectivity index is 1.60. The SMILES string of the molecule is C[C@H](NC(=O)NCCC(=O)N1CCCCCC1)[C@H]1CCCO1. The van der Waals surface area contributed by atoms with Crippen LogP contribution in [0.1, 0.15) is 51.9 Å². The number of urea groups is 1. The number of amides is 3. The second kappa shape index (κ2) is 8.98. The Hall–Kier alpha value is -1.30. The van der Waals surface area contributed by atoms with Gasteiger partial charge in [0.15, 0.2) is 0 Å². The zero-order chi connectivity index (χ0) is 15.8. The van der Waals surface area contributed by atoms with E-state index in [1.807, 2.05) is 11.8 Å². The van der Waals surface area contributed by atoms with E-state index in [0.29, 0.717) is 13.0 Å². The van der Waals surface area contributed by atoms with Crippen molar-refractivity contribution >= 4 is 11.9 Å². The number of rotatable bonds is 5. The molecule has 0 aromatic carbocycles. The molecule has 2 N–H and O–H groups in total. The van der Waals surface area contributed by atoms with E-state index < -0.39 is 0 Å². The Morgan fingerprint density at radius 1 is 1.18 bits per heavy atom. The smallest absolute Gasteiger partial charge is 0.315 e. The van der Waals surface area contributed by atoms with Crippen LogP contribution < -0.4 is 10.6 Å². The molecule has 2 heterocycles. The lowest BCUT2D eigenvalue weighted by Gasteiger charge is -2.21. The van der Waals surface area contributed by atoms with Crippen LogP contribution in [-0.4, -0.2) is 55.2 Å². The molecule has 6 heteroatoms. The molecule has 0 unspecified atom stereocenters. The summed E-state index contributed by atoms with van der Waals surface area (Å²) in [6, 6.07) is -0.213. The van der Waals surface area contributed by atoms with E-state index >= 15 is 0 Å². The number of hydrogen-bond acceptors (Lipinski definition) is 3. The Morgan fingerprint density at radius 2 is 1.91 bits per heavy atom. The van der Waals surface area contributed by atoms with Gasteiger partial charge in [-0.2, -0.15) is 0 Å². The molecule has 2 atom stereocenters. The zero-order valence-electron chi connectivity index (χ0n) is 13.6. The van der Waals surface area contributed by atoms with Crippen molar-refractivity contribution in [3.05, 3.63) is 0 Å². The normalized spacial score (nSPS) is 23.7. The van der Waals surface area contributed by atoms with Crippen LogP contribution in [0, 0.1) is 0 Å². The first kappa shape index (κ1) is 17.1. The van der Waals surface area contributed by atoms with Crippen LogP contribution in [0.3, 0.4) is 0 Å². The lowest BCUT2D eigenvalue weighted by Crippen LogP contribution is -2.46. The molecular weight excluding hydrogens is 282 g/mol. The molecule has 2 saturated heterocycles. The summed E-state index contributed by atoms with van der Waals surface area (Å²) in [4.78, 5) is 25.9. The van der Waals surface area contributed by atoms with Crippen LogP contribution >= 0.6 is 0 Å². The largest absolute Gasteiger partial charge is 0.376 e. The van der Waals surface area contributed by atoms with E-state index in [1.54, 1.807) is 0 Å². The predicted octanol–water partition coefficient (Wildman–Crippen LogP) is 1.65. The molecule has 0 bridgehead atoms. The molecule has 126 valence electrons. The molecule has 0 spiro atoms. The predicted molar refractivity (Wildman–Crippen MR) is 84.6 cm³/mol. The summed E-state index contributed by atoms with van der Waals surface area (Å²) < 4.78 is 5.55. The fourth-order valence-corrected chi connectivity index (χ4v) is 3.11. The molecular formula is C16H29N3O3. The topological polar surface area (TPSA) is 70.7 Å². The molecule has 2 rings (SSSR count). The fraction of sp³-hybridized carbons (Fsp3) is 0.875. The van der Waals surface area contributed by atoms with Crippen LogP contribution in [0.25, 0.3) is 0 Å². The molecule has 3 amide bonds. The Kier molecular flexibility index (Phi) is 6.96. The molecule has 0 saturated carbocycles. The lowest BCUT2D eigenvalue weighted by atomic mass is 10.1. The summed E-state index contributed by atoms with van der Waals surface area (Å²) in [7, 11) is 0. The van der Waals surface area contributed by atoms with E-state index in [4.69, 9.17) is 4.74 Å². The number of carbonyl (C=O) groups excluding carboxylic acids is 2. The van der Waals surface area contributed by atoms with Crippen LogP contribution in [-0.2, 0) is 9.53 Å². The highest BCUT2D eigenvalue weighted by Gasteiger charge is 2.23. The molecule has 0 radical (unpaired) electrons. The van der Waals surface area contributed by atoms with E-state index in [0.717, 1.165) is 45.4 Å². The summed E-state index contributed by atoms with van der Waals surface area (Å²) in [5.74, 6) is 0.148. The van der Waals surface area contributed by atoms with Crippen molar-refractivity contribution in [2.24, 2.45) is 0 Å². The van der Waals surface area contributed by atoms with Crippen molar-refractivity contribution in [1.82, 2.24) is 15.5 Å². The maximum Gasteiger partial charge on any atom is 0.315 e. The highest BCUT2D eigenvalue weighted by Crippen LogP contribution is 2.15. The van der Waals surface area contributed by atoms with Crippen molar-refractivity contribution in [1.29, 1.82) is 0 Å². The van der Waals surface area contributed by atoms with Crippen LogP contribution in [0.2, 0.25) is 0 Å². The number of ether oxygens (including phenoxy) is 1. The van der Waals surface area contributed by atoms with Crippen molar-refractivity contribution in [3.8, 4) is 0 Å². The summed E-state index contributed by atoms with van der Waals surface area (Å²) in [5.41, 5.74) is 0. The van der Waals surface area contributed by atoms with Crippen LogP contribution in [0.4, 0.5) is 4.79 Å². The van der Waals surface area contributed by atoms with Crippen LogP contribution in [0.15, 0.2) is 0 Å². The van der Waals surface area contributed by atoms with Gasteiger partial charge in [-0.1, -0.05) is 12.8 Å². The molecule has 2 aliphatic heterocycles. The van der Waals surface area contributed by atoms with Gasteiger partial charge < -0.3 is 20.3 Å². The zero-order valence-corrected chi connectivity index (χ0v) is 13.6. The maximum atomic E-state index is 12.1. The van der Waals surface area contributed by atoms with Crippen molar-refractivity contribution < 1.29 is 14.3 Å². The minimum Gasteiger partial charge on any atom is -0.376 e. The molecule has 0 aliphatic carbocycles. The van der Waals surface area contributed by atoms with Gasteiger partial charge in [0.25, 0.3) is 0 Å². The number of nitrogens with one attached hydrogen (secondary N) is 2. The maximum absolute atomic E-state index is 12.1. The summed E-state index contributed by atoms with van der Waals surface area (Å²) in [6.07, 6.45) is 7.16. The van der Waals surface area contributed by atoms with Gasteiger partial charge >= 0.3 is 6.03 Å². The number of nitrogens with zero attached hydrogens (tertiary/aromatic N) is 1. The van der Waals surface area contributed by atoms with E-state index in [1.165, 1.54) is 12.8 Å². The molecule has 22 heavy (non-hydrogen) atoms. The van der Waals surface area contributed by atoms with E-state index in [2.05, 4.69) is 10.6 Å². The first-order chi connectivity index (χ1) is 10.7. The van der Waals surface area contributed by atoms with E-state index in [-0.39, 0.29) is 24.1 Å². The minimum atomic E-state index is -0.216. The highest BCUT2D eigenvalue weighted by atomic mass is 16.5. The number of likely N-dealkylation sites (tertiary alicyclic amines) is 1. The molecule has 6 nitrogen and oxygen atoms in total. The number of hydrogen-bond donors (Lipinski definition) is 2. The Bertz CT molecular complexity index is 362. The minimum absolute atomic E-state index is 0.00353. The average molecular weight is 311 g/mol. The van der Waals surface area contributed by atoms with Crippen molar-refractivity contribution in [3.63, 3.8) is 0 Å². The third-order valence-electron chi connectivity index (χ3n) is 4.46. The Morgan fingerprint density at radius 3 is 2.55 bits per heavy atom. The van der Waals surface area contributed by atoms with Gasteiger partial charge in [-0.05, 0) is 32.6 Å². The van der Waals surface area contributed by atoms with Crippen molar-refractivity contribution in [2.75, 3.05) is 26.2 Å². The Labute approximate surface area is 132 Å². The average Bonchev–Trinajstić information content (AvgIpc) is 2.90. The number of carbonyl (C=O) groups is 2. The van der Waals surface area contributed by atoms with Gasteiger partial charge in [0.05, 0.1) is 12.1 Å². The fourth-order valence-electron chi connectivity index (χ4n) is 3.11. The third-order valence-corrected chi connectivity index (χ3v) is 4.46. The summed E-state index contributed by atoms with van der Waals surface area (Å²) in [6.45, 7) is 4.85. The highest BCUT2D eigenvalue weighted by molar-refractivity contribution is 5.78. The van der Waals surface area contributed by atoms with Gasteiger partial charge in [-0.25, -0.2) is 4.79 Å². The second-order valence-corrected chi connectivity index (χ2v) is 6.29. The quantitative estimate of drug-likeness (QED) is 0.811. The van der Waals surface area contributed by atoms with Gasteiger partial charge in [0.2, 0.25) is 5.91 Å². The second-order valence-electron chi connectivity index (χ2n) is 6.29. The lowest BCUT2D eigenvalue weighted by molar-refractivity contribution is -0.131. The molecule has 2 fully saturated rings. The van der Waals surface area contributed by atoms with Crippen LogP contribution in [0.5, 0.6) is 0 Å². The molecule has 0 aromatic heterocycles. The molecule has 0 aromatic rings. The van der Waals surface area contributed by atoms with E-state index in [9.17, 15) is 9.59 Å². The van der Waals surface area contributed by atoms with Crippen molar-refractivity contribution in [2.45, 2.75) is 64.0 Å². The first-order valence-corrected chi connectivity index (χ1v) is 8.60. The van der Waals surface area contributed by atoms with Gasteiger partial charge in [0, 0.05) is 32.7 Å². The third kappa shape index (κ3) is 5.48. The van der Waals surface area contributed by atoms with Gasteiger partial charge in [0.1, 0.15) is 0 Å². The monoisotopic (exact) mass is 311 g/mol. The first-order valence-electron chi connectivity index (χ1n) is 8.60. The molecule has 2 aliphatic rings. The van der Waals surface area contributed by atoms with Gasteiger partial charge in [-0.15, -0.1) is 0 Å². The summed E-state index contributed by atoms with van der Waals surface area (Å²) in [5, 5.41) is 5.65. The standard InChI is InChI=1S/C16H29N3O3/c1-13(14-7-6-12-22-14)18-16(21)17-9-8-15(20)19-10-4-2-3-5-11-19/h13-14H,2-12H2,1H3,(H2,17,18,21)/t13-,14+/m0/s1. The van der Waals surface area contributed by atoms with Gasteiger partial charge in [-0.3, -0.25) is 4.79 Å². The summed E-state index contributed by atoms with van der Waals surface area (Å²) >= 11 is 0.